The van der Waals surface area contributed by atoms with Crippen molar-refractivity contribution in [3.8, 4) is 5.75 Å². The van der Waals surface area contributed by atoms with E-state index in [1.165, 1.54) is 0 Å². The molecule has 5 nitrogen and oxygen atoms in total. The first-order valence-corrected chi connectivity index (χ1v) is 12.2. The maximum Gasteiger partial charge on any atom is 0.261 e. The van der Waals surface area contributed by atoms with Crippen molar-refractivity contribution in [1.29, 1.82) is 0 Å². The topological polar surface area (TPSA) is 58.6 Å². The Morgan fingerprint density at radius 2 is 1.54 bits per heavy atom. The molecule has 35 heavy (non-hydrogen) atoms. The number of hydrogen-bond donors (Lipinski definition) is 1. The second-order valence-electron chi connectivity index (χ2n) is 9.14. The first-order chi connectivity index (χ1) is 16.9. The molecule has 2 amide bonds. The van der Waals surface area contributed by atoms with Crippen LogP contribution in [0.25, 0.3) is 0 Å². The first kappa shape index (κ1) is 26.0. The lowest BCUT2D eigenvalue weighted by atomic mass is 10.0. The molecule has 5 heteroatoms. The van der Waals surface area contributed by atoms with E-state index in [4.69, 9.17) is 4.74 Å². The number of carbonyl (C=O) groups excluding carboxylic acids is 2. The van der Waals surface area contributed by atoms with Crippen molar-refractivity contribution >= 4 is 11.8 Å². The van der Waals surface area contributed by atoms with Gasteiger partial charge in [-0.2, -0.15) is 0 Å². The van der Waals surface area contributed by atoms with E-state index in [9.17, 15) is 9.59 Å². The summed E-state index contributed by atoms with van der Waals surface area (Å²) >= 11 is 0. The van der Waals surface area contributed by atoms with Crippen molar-refractivity contribution in [2.75, 3.05) is 6.61 Å². The van der Waals surface area contributed by atoms with Gasteiger partial charge in [0.1, 0.15) is 11.8 Å². The molecule has 0 radical (unpaired) electrons. The Morgan fingerprint density at radius 1 is 0.886 bits per heavy atom. The SMILES string of the molecule is CC[C@@H](C)NC(=O)[C@H](Cc1ccccc1)N(Cc1cccc(C)c1)C(=O)COc1cccc(C)c1. The number of aryl methyl sites for hydroxylation is 2. The number of rotatable bonds is 11. The molecule has 0 unspecified atom stereocenters. The number of nitrogens with zero attached hydrogens (tertiary/aromatic N) is 1. The van der Waals surface area contributed by atoms with Crippen molar-refractivity contribution in [2.24, 2.45) is 0 Å². The van der Waals surface area contributed by atoms with Crippen molar-refractivity contribution in [3.05, 3.63) is 101 Å². The molecule has 0 heterocycles. The zero-order chi connectivity index (χ0) is 25.2. The lowest BCUT2D eigenvalue weighted by Gasteiger charge is -2.32. The monoisotopic (exact) mass is 472 g/mol. The van der Waals surface area contributed by atoms with Gasteiger partial charge in [0.05, 0.1) is 0 Å². The molecule has 0 aliphatic heterocycles. The van der Waals surface area contributed by atoms with E-state index in [0.29, 0.717) is 18.7 Å². The number of hydrogen-bond acceptors (Lipinski definition) is 3. The zero-order valence-electron chi connectivity index (χ0n) is 21.2. The van der Waals surface area contributed by atoms with Gasteiger partial charge in [0.25, 0.3) is 5.91 Å². The van der Waals surface area contributed by atoms with Crippen LogP contribution < -0.4 is 10.1 Å². The van der Waals surface area contributed by atoms with E-state index in [2.05, 4.69) is 5.32 Å². The van der Waals surface area contributed by atoms with Crippen LogP contribution in [0.5, 0.6) is 5.75 Å². The third kappa shape index (κ3) is 7.99. The lowest BCUT2D eigenvalue weighted by molar-refractivity contribution is -0.143. The van der Waals surface area contributed by atoms with Crippen molar-refractivity contribution in [1.82, 2.24) is 10.2 Å². The normalized spacial score (nSPS) is 12.5. The average molecular weight is 473 g/mol. The molecule has 0 fully saturated rings. The molecule has 3 aromatic rings. The Bertz CT molecular complexity index is 1110. The molecule has 2 atom stereocenters. The highest BCUT2D eigenvalue weighted by molar-refractivity contribution is 5.88. The van der Waals surface area contributed by atoms with Crippen LogP contribution >= 0.6 is 0 Å². The predicted octanol–water partition coefficient (Wildman–Crippen LogP) is 5.24. The van der Waals surface area contributed by atoms with E-state index >= 15 is 0 Å². The van der Waals surface area contributed by atoms with Crippen LogP contribution in [0.1, 0.15) is 42.5 Å². The Morgan fingerprint density at radius 3 is 2.20 bits per heavy atom. The molecule has 0 saturated heterocycles. The Hall–Kier alpha value is -3.60. The standard InChI is InChI=1S/C30H36N2O3/c1-5-24(4)31-30(34)28(19-25-13-7-6-8-14-25)32(20-26-15-9-11-22(2)17-26)29(33)21-35-27-16-10-12-23(3)18-27/h6-18,24,28H,5,19-21H2,1-4H3,(H,31,34)/t24-,28+/m1/s1. The number of nitrogens with one attached hydrogen (secondary N) is 1. The van der Waals surface area contributed by atoms with Crippen LogP contribution in [-0.2, 0) is 22.6 Å². The second kappa shape index (κ2) is 12.7. The zero-order valence-corrected chi connectivity index (χ0v) is 21.2. The fraction of sp³-hybridized carbons (Fsp3) is 0.333. The summed E-state index contributed by atoms with van der Waals surface area (Å²) in [5.41, 5.74) is 4.14. The van der Waals surface area contributed by atoms with Gasteiger partial charge in [-0.05, 0) is 56.0 Å². The van der Waals surface area contributed by atoms with E-state index in [0.717, 1.165) is 28.7 Å². The van der Waals surface area contributed by atoms with E-state index in [-0.39, 0.29) is 24.5 Å². The van der Waals surface area contributed by atoms with Crippen molar-refractivity contribution < 1.29 is 14.3 Å². The van der Waals surface area contributed by atoms with Gasteiger partial charge >= 0.3 is 0 Å². The van der Waals surface area contributed by atoms with Gasteiger partial charge in [-0.3, -0.25) is 9.59 Å². The summed E-state index contributed by atoms with van der Waals surface area (Å²) in [5, 5.41) is 3.09. The largest absolute Gasteiger partial charge is 0.484 e. The molecular weight excluding hydrogens is 436 g/mol. The second-order valence-corrected chi connectivity index (χ2v) is 9.14. The van der Waals surface area contributed by atoms with Gasteiger partial charge < -0.3 is 15.0 Å². The summed E-state index contributed by atoms with van der Waals surface area (Å²) in [6.07, 6.45) is 1.23. The van der Waals surface area contributed by atoms with Crippen molar-refractivity contribution in [3.63, 3.8) is 0 Å². The molecule has 0 spiro atoms. The highest BCUT2D eigenvalue weighted by atomic mass is 16.5. The van der Waals surface area contributed by atoms with Gasteiger partial charge in [0.15, 0.2) is 6.61 Å². The fourth-order valence-electron chi connectivity index (χ4n) is 3.94. The summed E-state index contributed by atoms with van der Waals surface area (Å²) in [4.78, 5) is 28.8. The third-order valence-electron chi connectivity index (χ3n) is 6.06. The number of carbonyl (C=O) groups is 2. The smallest absolute Gasteiger partial charge is 0.261 e. The van der Waals surface area contributed by atoms with Gasteiger partial charge in [-0.25, -0.2) is 0 Å². The van der Waals surface area contributed by atoms with Gasteiger partial charge in [-0.1, -0.05) is 79.2 Å². The molecule has 1 N–H and O–H groups in total. The van der Waals surface area contributed by atoms with Crippen molar-refractivity contribution in [2.45, 2.75) is 59.2 Å². The average Bonchev–Trinajstić information content (AvgIpc) is 2.85. The molecule has 0 saturated carbocycles. The Labute approximate surface area is 209 Å². The summed E-state index contributed by atoms with van der Waals surface area (Å²) in [7, 11) is 0. The van der Waals surface area contributed by atoms with Crippen LogP contribution in [-0.4, -0.2) is 35.4 Å². The predicted molar refractivity (Wildman–Crippen MR) is 140 cm³/mol. The maximum atomic E-state index is 13.6. The first-order valence-electron chi connectivity index (χ1n) is 12.2. The van der Waals surface area contributed by atoms with Crippen LogP contribution in [0.3, 0.4) is 0 Å². The van der Waals surface area contributed by atoms with Gasteiger partial charge in [-0.15, -0.1) is 0 Å². The Kier molecular flexibility index (Phi) is 9.47. The maximum absolute atomic E-state index is 13.6. The highest BCUT2D eigenvalue weighted by Crippen LogP contribution is 2.18. The molecule has 0 aromatic heterocycles. The lowest BCUT2D eigenvalue weighted by Crippen LogP contribution is -2.53. The van der Waals surface area contributed by atoms with Crippen LogP contribution in [0.15, 0.2) is 78.9 Å². The fourth-order valence-corrected chi connectivity index (χ4v) is 3.94. The molecule has 0 aliphatic rings. The van der Waals surface area contributed by atoms with Crippen LogP contribution in [0.2, 0.25) is 0 Å². The minimum Gasteiger partial charge on any atom is -0.484 e. The molecular formula is C30H36N2O3. The minimum atomic E-state index is -0.666. The number of ether oxygens (including phenoxy) is 1. The summed E-state index contributed by atoms with van der Waals surface area (Å²) in [6, 6.07) is 24.8. The minimum absolute atomic E-state index is 0.0141. The van der Waals surface area contributed by atoms with Gasteiger partial charge in [0, 0.05) is 19.0 Å². The van der Waals surface area contributed by atoms with Crippen LogP contribution in [0.4, 0.5) is 0 Å². The highest BCUT2D eigenvalue weighted by Gasteiger charge is 2.31. The molecule has 3 aromatic carbocycles. The number of benzene rings is 3. The molecule has 3 rings (SSSR count). The molecule has 0 aliphatic carbocycles. The van der Waals surface area contributed by atoms with E-state index in [1.807, 2.05) is 107 Å². The number of amides is 2. The molecule has 184 valence electrons. The quantitative estimate of drug-likeness (QED) is 0.415. The van der Waals surface area contributed by atoms with E-state index in [1.54, 1.807) is 4.90 Å². The summed E-state index contributed by atoms with van der Waals surface area (Å²) in [6.45, 7) is 8.19. The summed E-state index contributed by atoms with van der Waals surface area (Å²) < 4.78 is 5.85. The molecule has 0 bridgehead atoms. The van der Waals surface area contributed by atoms with Crippen LogP contribution in [0, 0.1) is 13.8 Å². The third-order valence-corrected chi connectivity index (χ3v) is 6.06. The van der Waals surface area contributed by atoms with Gasteiger partial charge in [0.2, 0.25) is 5.91 Å². The Balaban J connectivity index is 1.91. The summed E-state index contributed by atoms with van der Waals surface area (Å²) in [5.74, 6) is 0.255. The van der Waals surface area contributed by atoms with E-state index < -0.39 is 6.04 Å².